The van der Waals surface area contributed by atoms with Gasteiger partial charge in [0.25, 0.3) is 0 Å². The molecule has 0 bridgehead atoms. The molecule has 0 amide bonds. The molecule has 1 nitrogen and oxygen atoms in total. The molecule has 39 heavy (non-hydrogen) atoms. The number of nitrogens with zero attached hydrogens (tertiary/aromatic N) is 1. The minimum absolute atomic E-state index is 1.09. The first kappa shape index (κ1) is 23.9. The zero-order valence-electron chi connectivity index (χ0n) is 21.1. The Morgan fingerprint density at radius 3 is 1.74 bits per heavy atom. The van der Waals surface area contributed by atoms with E-state index in [9.17, 15) is 0 Å². The van der Waals surface area contributed by atoms with E-state index in [-0.39, 0.29) is 0 Å². The molecule has 6 aromatic carbocycles. The number of fused-ring (bicyclic) bond motifs is 3. The maximum Gasteiger partial charge on any atom is 0.0468 e. The van der Waals surface area contributed by atoms with Crippen molar-refractivity contribution in [2.24, 2.45) is 0 Å². The summed E-state index contributed by atoms with van der Waals surface area (Å²) in [5.41, 5.74) is 8.26. The second-order valence-electron chi connectivity index (χ2n) is 9.58. The second kappa shape index (κ2) is 10.2. The van der Waals surface area contributed by atoms with Crippen LogP contribution in [0.4, 0.5) is 17.1 Å². The van der Waals surface area contributed by atoms with E-state index in [0.29, 0.717) is 0 Å². The van der Waals surface area contributed by atoms with Gasteiger partial charge in [0, 0.05) is 41.7 Å². The number of hydrogen-bond acceptors (Lipinski definition) is 2. The van der Waals surface area contributed by atoms with E-state index in [4.69, 9.17) is 0 Å². The molecule has 3 heteroatoms. The molecule has 0 unspecified atom stereocenters. The van der Waals surface area contributed by atoms with Crippen molar-refractivity contribution in [3.63, 3.8) is 0 Å². The SMILES string of the molecule is Brc1ccc(-c2cccc(-c3ccc(N(c4ccccc4)c4ccc5sc6ccccc6c5c4)cc3)c2)cc1. The number of halogens is 1. The summed E-state index contributed by atoms with van der Waals surface area (Å²) >= 11 is 5.39. The lowest BCUT2D eigenvalue weighted by molar-refractivity contribution is 1.29. The lowest BCUT2D eigenvalue weighted by Crippen LogP contribution is -2.09. The highest BCUT2D eigenvalue weighted by atomic mass is 79.9. The highest BCUT2D eigenvalue weighted by Crippen LogP contribution is 2.41. The molecule has 0 atom stereocenters. The standard InChI is InChI=1S/C36H24BrNS/c37-29-17-13-25(14-18-29)27-7-6-8-28(23-27)26-15-19-31(20-16-26)38(30-9-2-1-3-10-30)32-21-22-36-34(24-32)33-11-4-5-12-35(33)39-36/h1-24H. The first-order chi connectivity index (χ1) is 19.2. The Balaban J connectivity index is 1.29. The molecular formula is C36H24BrNS. The highest BCUT2D eigenvalue weighted by molar-refractivity contribution is 9.10. The van der Waals surface area contributed by atoms with Crippen molar-refractivity contribution < 1.29 is 0 Å². The summed E-state index contributed by atoms with van der Waals surface area (Å²) in [5.74, 6) is 0. The molecule has 0 radical (unpaired) electrons. The number of benzene rings is 6. The van der Waals surface area contributed by atoms with Crippen LogP contribution in [0.25, 0.3) is 42.4 Å². The van der Waals surface area contributed by atoms with Crippen LogP contribution in [-0.4, -0.2) is 0 Å². The van der Waals surface area contributed by atoms with Crippen LogP contribution in [0.3, 0.4) is 0 Å². The van der Waals surface area contributed by atoms with E-state index in [1.165, 1.54) is 42.4 Å². The Morgan fingerprint density at radius 2 is 1.00 bits per heavy atom. The Bertz CT molecular complexity index is 1910. The molecule has 1 aromatic heterocycles. The van der Waals surface area contributed by atoms with E-state index >= 15 is 0 Å². The summed E-state index contributed by atoms with van der Waals surface area (Å²) in [6.07, 6.45) is 0. The third kappa shape index (κ3) is 4.65. The Morgan fingerprint density at radius 1 is 0.410 bits per heavy atom. The van der Waals surface area contributed by atoms with E-state index in [0.717, 1.165) is 21.5 Å². The van der Waals surface area contributed by atoms with Crippen molar-refractivity contribution in [2.45, 2.75) is 0 Å². The van der Waals surface area contributed by atoms with Gasteiger partial charge in [0.15, 0.2) is 0 Å². The predicted octanol–water partition coefficient (Wildman–Crippen LogP) is 11.6. The number of thiophene rings is 1. The fourth-order valence-corrected chi connectivity index (χ4v) is 6.55. The van der Waals surface area contributed by atoms with Crippen molar-refractivity contribution in [3.05, 3.63) is 150 Å². The maximum atomic E-state index is 3.54. The molecular weight excluding hydrogens is 558 g/mol. The van der Waals surface area contributed by atoms with E-state index in [1.807, 2.05) is 11.3 Å². The van der Waals surface area contributed by atoms with Crippen LogP contribution < -0.4 is 4.90 Å². The first-order valence-electron chi connectivity index (χ1n) is 13.0. The van der Waals surface area contributed by atoms with E-state index in [1.54, 1.807) is 0 Å². The lowest BCUT2D eigenvalue weighted by atomic mass is 9.99. The average Bonchev–Trinajstić information content (AvgIpc) is 3.37. The first-order valence-corrected chi connectivity index (χ1v) is 14.6. The summed E-state index contributed by atoms with van der Waals surface area (Å²) < 4.78 is 3.73. The smallest absolute Gasteiger partial charge is 0.0468 e. The van der Waals surface area contributed by atoms with Crippen molar-refractivity contribution in [1.82, 2.24) is 0 Å². The molecule has 0 saturated carbocycles. The number of para-hydroxylation sites is 1. The highest BCUT2D eigenvalue weighted by Gasteiger charge is 2.15. The minimum Gasteiger partial charge on any atom is -0.310 e. The van der Waals surface area contributed by atoms with Crippen LogP contribution >= 0.6 is 27.3 Å². The van der Waals surface area contributed by atoms with Crippen LogP contribution in [0.15, 0.2) is 150 Å². The predicted molar refractivity (Wildman–Crippen MR) is 173 cm³/mol. The van der Waals surface area contributed by atoms with Crippen LogP contribution in [0.2, 0.25) is 0 Å². The molecule has 7 rings (SSSR count). The normalized spacial score (nSPS) is 11.2. The quantitative estimate of drug-likeness (QED) is 0.195. The van der Waals surface area contributed by atoms with Gasteiger partial charge in [0.1, 0.15) is 0 Å². The third-order valence-corrected chi connectivity index (χ3v) is 8.81. The fourth-order valence-electron chi connectivity index (χ4n) is 5.20. The van der Waals surface area contributed by atoms with Crippen LogP contribution in [0, 0.1) is 0 Å². The zero-order chi connectivity index (χ0) is 26.2. The van der Waals surface area contributed by atoms with Gasteiger partial charge in [0.2, 0.25) is 0 Å². The van der Waals surface area contributed by atoms with Gasteiger partial charge in [-0.15, -0.1) is 11.3 Å². The fraction of sp³-hybridized carbons (Fsp3) is 0. The number of anilines is 3. The van der Waals surface area contributed by atoms with E-state index in [2.05, 4.69) is 166 Å². The Labute approximate surface area is 240 Å². The minimum atomic E-state index is 1.09. The molecule has 0 fully saturated rings. The molecule has 1 heterocycles. The molecule has 0 aliphatic heterocycles. The lowest BCUT2D eigenvalue weighted by Gasteiger charge is -2.26. The summed E-state index contributed by atoms with van der Waals surface area (Å²) in [6.45, 7) is 0. The summed E-state index contributed by atoms with van der Waals surface area (Å²) in [5, 5.41) is 2.61. The van der Waals surface area contributed by atoms with Gasteiger partial charge in [-0.05, 0) is 89.0 Å². The van der Waals surface area contributed by atoms with Gasteiger partial charge in [-0.25, -0.2) is 0 Å². The number of hydrogen-bond donors (Lipinski definition) is 0. The van der Waals surface area contributed by atoms with Gasteiger partial charge < -0.3 is 4.90 Å². The van der Waals surface area contributed by atoms with Gasteiger partial charge in [-0.2, -0.15) is 0 Å². The van der Waals surface area contributed by atoms with Gasteiger partial charge in [0.05, 0.1) is 0 Å². The van der Waals surface area contributed by atoms with Gasteiger partial charge in [-0.1, -0.05) is 94.8 Å². The largest absolute Gasteiger partial charge is 0.310 e. The second-order valence-corrected chi connectivity index (χ2v) is 11.6. The molecule has 0 N–H and O–H groups in total. The van der Waals surface area contributed by atoms with Gasteiger partial charge >= 0.3 is 0 Å². The molecule has 0 aliphatic carbocycles. The van der Waals surface area contributed by atoms with Crippen molar-refractivity contribution in [3.8, 4) is 22.3 Å². The van der Waals surface area contributed by atoms with Crippen molar-refractivity contribution in [1.29, 1.82) is 0 Å². The average molecular weight is 583 g/mol. The Hall–Kier alpha value is -4.18. The zero-order valence-corrected chi connectivity index (χ0v) is 23.5. The summed E-state index contributed by atoms with van der Waals surface area (Å²) in [4.78, 5) is 2.34. The molecule has 0 spiro atoms. The summed E-state index contributed by atoms with van der Waals surface area (Å²) in [7, 11) is 0. The Kier molecular flexibility index (Phi) is 6.24. The maximum absolute atomic E-state index is 3.54. The summed E-state index contributed by atoms with van der Waals surface area (Å²) in [6, 6.07) is 52.2. The number of rotatable bonds is 5. The van der Waals surface area contributed by atoms with Crippen LogP contribution in [0.1, 0.15) is 0 Å². The van der Waals surface area contributed by atoms with E-state index < -0.39 is 0 Å². The van der Waals surface area contributed by atoms with Crippen molar-refractivity contribution in [2.75, 3.05) is 4.90 Å². The molecule has 7 aromatic rings. The van der Waals surface area contributed by atoms with Gasteiger partial charge in [-0.3, -0.25) is 0 Å². The molecule has 0 aliphatic rings. The van der Waals surface area contributed by atoms with Crippen molar-refractivity contribution >= 4 is 64.5 Å². The van der Waals surface area contributed by atoms with Crippen LogP contribution in [-0.2, 0) is 0 Å². The molecule has 0 saturated heterocycles. The van der Waals surface area contributed by atoms with Crippen LogP contribution in [0.5, 0.6) is 0 Å². The third-order valence-electron chi connectivity index (χ3n) is 7.13. The molecule has 186 valence electrons. The monoisotopic (exact) mass is 581 g/mol. The topological polar surface area (TPSA) is 3.24 Å².